The van der Waals surface area contributed by atoms with Crippen LogP contribution in [0.25, 0.3) is 0 Å². The van der Waals surface area contributed by atoms with Gasteiger partial charge in [-0.25, -0.2) is 0 Å². The van der Waals surface area contributed by atoms with Crippen LogP contribution < -0.4 is 0 Å². The summed E-state index contributed by atoms with van der Waals surface area (Å²) in [6.07, 6.45) is 1.05. The van der Waals surface area contributed by atoms with E-state index < -0.39 is 0 Å². The van der Waals surface area contributed by atoms with Crippen LogP contribution in [0.5, 0.6) is 0 Å². The molecule has 3 nitrogen and oxygen atoms in total. The minimum atomic E-state index is 0.512. The van der Waals surface area contributed by atoms with E-state index in [0.717, 1.165) is 6.21 Å². The van der Waals surface area contributed by atoms with Gasteiger partial charge in [-0.2, -0.15) is 5.26 Å². The van der Waals surface area contributed by atoms with Crippen LogP contribution >= 0.6 is 0 Å². The van der Waals surface area contributed by atoms with Gasteiger partial charge in [-0.1, -0.05) is 5.16 Å². The van der Waals surface area contributed by atoms with E-state index in [2.05, 4.69) is 9.99 Å². The molecule has 0 aromatic rings. The molecule has 0 fully saturated rings. The number of hydrogen-bond donors (Lipinski definition) is 0. The van der Waals surface area contributed by atoms with Gasteiger partial charge in [-0.05, 0) is 6.92 Å². The van der Waals surface area contributed by atoms with E-state index in [1.807, 2.05) is 0 Å². The van der Waals surface area contributed by atoms with Crippen molar-refractivity contribution in [3.05, 3.63) is 0 Å². The van der Waals surface area contributed by atoms with E-state index in [0.29, 0.717) is 6.61 Å². The molecule has 0 radical (unpaired) electrons. The third-order valence-corrected chi connectivity index (χ3v) is 0.314. The molecule has 0 saturated heterocycles. The Hall–Kier alpha value is -1.04. The zero-order valence-electron chi connectivity index (χ0n) is 4.09. The number of hydrogen-bond acceptors (Lipinski definition) is 3. The Balaban J connectivity index is 2.97. The number of nitrogens with zero attached hydrogens (tertiary/aromatic N) is 2. The molecule has 0 aromatic heterocycles. The monoisotopic (exact) mass is 98.0 g/mol. The van der Waals surface area contributed by atoms with Crippen molar-refractivity contribution in [3.8, 4) is 6.07 Å². The zero-order chi connectivity index (χ0) is 5.54. The number of nitriles is 1. The zero-order valence-corrected chi connectivity index (χ0v) is 4.09. The molecule has 0 aliphatic carbocycles. The van der Waals surface area contributed by atoms with Gasteiger partial charge in [-0.15, -0.1) is 0 Å². The van der Waals surface area contributed by atoms with E-state index >= 15 is 0 Å². The van der Waals surface area contributed by atoms with Gasteiger partial charge < -0.3 is 4.84 Å². The molecule has 0 aliphatic rings. The molecule has 0 N–H and O–H groups in total. The fourth-order valence-corrected chi connectivity index (χ4v) is 0.135. The van der Waals surface area contributed by atoms with Crippen molar-refractivity contribution in [3.63, 3.8) is 0 Å². The molecular formula is C4H6N2O. The van der Waals surface area contributed by atoms with Crippen LogP contribution in [0.4, 0.5) is 0 Å². The standard InChI is InChI=1S/C4H6N2O/c1-2-7-6-4-3-5/h4H,2H2,1H3. The van der Waals surface area contributed by atoms with Gasteiger partial charge >= 0.3 is 0 Å². The highest BCUT2D eigenvalue weighted by Crippen LogP contribution is 1.67. The predicted molar refractivity (Wildman–Crippen MR) is 25.7 cm³/mol. The lowest BCUT2D eigenvalue weighted by molar-refractivity contribution is 0.161. The van der Waals surface area contributed by atoms with E-state index in [4.69, 9.17) is 5.26 Å². The second-order valence-electron chi connectivity index (χ2n) is 0.781. The Morgan fingerprint density at radius 2 is 2.71 bits per heavy atom. The Morgan fingerprint density at radius 1 is 2.00 bits per heavy atom. The average molecular weight is 98.1 g/mol. The maximum absolute atomic E-state index is 7.81. The summed E-state index contributed by atoms with van der Waals surface area (Å²) in [6, 6.07) is 1.69. The van der Waals surface area contributed by atoms with Gasteiger partial charge in [-0.3, -0.25) is 0 Å². The lowest BCUT2D eigenvalue weighted by Crippen LogP contribution is -1.76. The molecule has 0 aromatic carbocycles. The predicted octanol–water partition coefficient (Wildman–Crippen LogP) is 0.532. The first-order valence-electron chi connectivity index (χ1n) is 1.95. The summed E-state index contributed by atoms with van der Waals surface area (Å²) < 4.78 is 0. The molecule has 0 heterocycles. The highest BCUT2D eigenvalue weighted by Gasteiger charge is 1.64. The van der Waals surface area contributed by atoms with Gasteiger partial charge in [0, 0.05) is 0 Å². The van der Waals surface area contributed by atoms with Crippen molar-refractivity contribution in [2.45, 2.75) is 6.92 Å². The quantitative estimate of drug-likeness (QED) is 0.373. The minimum absolute atomic E-state index is 0.512. The van der Waals surface area contributed by atoms with Crippen molar-refractivity contribution in [1.82, 2.24) is 0 Å². The lowest BCUT2D eigenvalue weighted by Gasteiger charge is -1.83. The Labute approximate surface area is 42.2 Å². The van der Waals surface area contributed by atoms with E-state index in [1.165, 1.54) is 0 Å². The smallest absolute Gasteiger partial charge is 0.143 e. The van der Waals surface area contributed by atoms with Gasteiger partial charge in [0.1, 0.15) is 18.9 Å². The largest absolute Gasteiger partial charge is 0.396 e. The summed E-state index contributed by atoms with van der Waals surface area (Å²) in [7, 11) is 0. The topological polar surface area (TPSA) is 45.4 Å². The number of rotatable bonds is 2. The van der Waals surface area contributed by atoms with Crippen molar-refractivity contribution >= 4 is 6.21 Å². The van der Waals surface area contributed by atoms with Gasteiger partial charge in [0.2, 0.25) is 0 Å². The van der Waals surface area contributed by atoms with Crippen LogP contribution in [0.15, 0.2) is 5.16 Å². The molecule has 0 amide bonds. The van der Waals surface area contributed by atoms with E-state index in [9.17, 15) is 0 Å². The van der Waals surface area contributed by atoms with Crippen LogP contribution in [0.2, 0.25) is 0 Å². The van der Waals surface area contributed by atoms with Gasteiger partial charge in [0.25, 0.3) is 0 Å². The number of oxime groups is 1. The maximum Gasteiger partial charge on any atom is 0.143 e. The first-order chi connectivity index (χ1) is 3.41. The van der Waals surface area contributed by atoms with E-state index in [1.54, 1.807) is 13.0 Å². The third kappa shape index (κ3) is 4.96. The highest BCUT2D eigenvalue weighted by molar-refractivity contribution is 5.74. The average Bonchev–Trinajstić information content (AvgIpc) is 1.69. The van der Waals surface area contributed by atoms with Crippen LogP contribution in [-0.4, -0.2) is 12.8 Å². The van der Waals surface area contributed by atoms with Crippen molar-refractivity contribution in [2.24, 2.45) is 5.16 Å². The van der Waals surface area contributed by atoms with Crippen LogP contribution in [0, 0.1) is 11.3 Å². The Morgan fingerprint density at radius 3 is 3.14 bits per heavy atom. The minimum Gasteiger partial charge on any atom is -0.396 e. The molecular weight excluding hydrogens is 92.1 g/mol. The van der Waals surface area contributed by atoms with E-state index in [-0.39, 0.29) is 0 Å². The summed E-state index contributed by atoms with van der Waals surface area (Å²) in [6.45, 7) is 2.31. The molecule has 0 spiro atoms. The molecule has 0 atom stereocenters. The van der Waals surface area contributed by atoms with Crippen molar-refractivity contribution < 1.29 is 4.84 Å². The fraction of sp³-hybridized carbons (Fsp3) is 0.500. The molecule has 3 heteroatoms. The van der Waals surface area contributed by atoms with Gasteiger partial charge in [0.15, 0.2) is 0 Å². The van der Waals surface area contributed by atoms with Crippen molar-refractivity contribution in [1.29, 1.82) is 5.26 Å². The lowest BCUT2D eigenvalue weighted by atomic mass is 10.9. The fourth-order valence-electron chi connectivity index (χ4n) is 0.135. The first kappa shape index (κ1) is 5.96. The highest BCUT2D eigenvalue weighted by atomic mass is 16.6. The Bertz CT molecular complexity index is 92.4. The maximum atomic E-state index is 7.81. The molecule has 7 heavy (non-hydrogen) atoms. The summed E-state index contributed by atoms with van der Waals surface area (Å²) in [5, 5.41) is 11.0. The second-order valence-corrected chi connectivity index (χ2v) is 0.781. The third-order valence-electron chi connectivity index (χ3n) is 0.314. The molecule has 0 unspecified atom stereocenters. The molecule has 38 valence electrons. The summed E-state index contributed by atoms with van der Waals surface area (Å²) in [5.74, 6) is 0. The van der Waals surface area contributed by atoms with Crippen LogP contribution in [0.1, 0.15) is 6.92 Å². The van der Waals surface area contributed by atoms with Crippen molar-refractivity contribution in [2.75, 3.05) is 6.61 Å². The summed E-state index contributed by atoms with van der Waals surface area (Å²) >= 11 is 0. The molecule has 0 bridgehead atoms. The first-order valence-corrected chi connectivity index (χ1v) is 1.95. The molecule has 0 saturated carbocycles. The SMILES string of the molecule is CCON=CC#N. The Kier molecular flexibility index (Phi) is 4.22. The molecule has 0 aliphatic heterocycles. The van der Waals surface area contributed by atoms with Crippen LogP contribution in [0.3, 0.4) is 0 Å². The van der Waals surface area contributed by atoms with Gasteiger partial charge in [0.05, 0.1) is 0 Å². The van der Waals surface area contributed by atoms with Crippen LogP contribution in [-0.2, 0) is 4.84 Å². The summed E-state index contributed by atoms with van der Waals surface area (Å²) in [4.78, 5) is 4.42. The normalized spacial score (nSPS) is 8.57. The second kappa shape index (κ2) is 4.96. The summed E-state index contributed by atoms with van der Waals surface area (Å²) in [5.41, 5.74) is 0. The molecule has 0 rings (SSSR count).